The highest BCUT2D eigenvalue weighted by Crippen LogP contribution is 2.30. The zero-order valence-electron chi connectivity index (χ0n) is 15.0. The van der Waals surface area contributed by atoms with E-state index in [-0.39, 0.29) is 5.56 Å². The van der Waals surface area contributed by atoms with Gasteiger partial charge in [0.15, 0.2) is 0 Å². The molecule has 6 nitrogen and oxygen atoms in total. The number of thiophene rings is 1. The summed E-state index contributed by atoms with van der Waals surface area (Å²) in [5.74, 6) is 1.47. The first-order valence-corrected chi connectivity index (χ1v) is 9.71. The van der Waals surface area contributed by atoms with Crippen LogP contribution in [0.3, 0.4) is 0 Å². The van der Waals surface area contributed by atoms with Crippen molar-refractivity contribution in [3.8, 4) is 11.3 Å². The minimum absolute atomic E-state index is 0.236. The van der Waals surface area contributed by atoms with E-state index in [1.807, 2.05) is 42.6 Å². The number of aryl methyl sites for hydroxylation is 1. The number of para-hydroxylation sites is 1. The van der Waals surface area contributed by atoms with Gasteiger partial charge in [0.2, 0.25) is 0 Å². The molecule has 0 aliphatic carbocycles. The van der Waals surface area contributed by atoms with E-state index in [0.717, 1.165) is 34.3 Å². The molecule has 1 aromatic carbocycles. The predicted molar refractivity (Wildman–Crippen MR) is 110 cm³/mol. The standard InChI is InChI=1S/C21H15N3O3S/c1-2-16-14(13-6-3-4-7-18(13)27-16)10-23-24-12-22-20-19(21(24)25)15(11-28-20)17-8-5-9-26-17/h3-12H,2H2,1H3/b23-10-. The van der Waals surface area contributed by atoms with E-state index in [1.54, 1.807) is 18.5 Å². The number of benzene rings is 1. The first-order chi connectivity index (χ1) is 13.8. The maximum atomic E-state index is 13.0. The molecule has 0 saturated heterocycles. The Morgan fingerprint density at radius 2 is 2.14 bits per heavy atom. The molecular formula is C21H15N3O3S. The summed E-state index contributed by atoms with van der Waals surface area (Å²) in [5.41, 5.74) is 2.18. The second-order valence-corrected chi connectivity index (χ2v) is 7.09. The molecule has 7 heteroatoms. The number of aromatic nitrogens is 2. The topological polar surface area (TPSA) is 73.5 Å². The molecule has 0 N–H and O–H groups in total. The SMILES string of the molecule is CCc1oc2ccccc2c1/C=N\n1cnc2scc(-c3ccco3)c2c1=O. The molecule has 0 saturated carbocycles. The van der Waals surface area contributed by atoms with E-state index >= 15 is 0 Å². The summed E-state index contributed by atoms with van der Waals surface area (Å²) in [6, 6.07) is 11.4. The molecular weight excluding hydrogens is 374 g/mol. The zero-order chi connectivity index (χ0) is 19.1. The van der Waals surface area contributed by atoms with Gasteiger partial charge in [0.05, 0.1) is 17.9 Å². The van der Waals surface area contributed by atoms with Gasteiger partial charge in [-0.3, -0.25) is 4.79 Å². The summed E-state index contributed by atoms with van der Waals surface area (Å²) in [6.07, 6.45) is 5.42. The Morgan fingerprint density at radius 1 is 1.25 bits per heavy atom. The van der Waals surface area contributed by atoms with Crippen LogP contribution >= 0.6 is 11.3 Å². The zero-order valence-corrected chi connectivity index (χ0v) is 15.8. The summed E-state index contributed by atoms with van der Waals surface area (Å²) in [4.78, 5) is 18.1. The number of hydrogen-bond donors (Lipinski definition) is 0. The van der Waals surface area contributed by atoms with Gasteiger partial charge in [-0.25, -0.2) is 4.98 Å². The lowest BCUT2D eigenvalue weighted by molar-refractivity contribution is 0.556. The summed E-state index contributed by atoms with van der Waals surface area (Å²) < 4.78 is 12.6. The third-order valence-electron chi connectivity index (χ3n) is 4.61. The second kappa shape index (κ2) is 6.61. The number of furan rings is 2. The van der Waals surface area contributed by atoms with Crippen molar-refractivity contribution in [3.05, 3.63) is 76.0 Å². The Hall–Kier alpha value is -3.45. The highest BCUT2D eigenvalue weighted by atomic mass is 32.1. The Kier molecular flexibility index (Phi) is 3.95. The van der Waals surface area contributed by atoms with Crippen LogP contribution in [0.5, 0.6) is 0 Å². The van der Waals surface area contributed by atoms with Crippen LogP contribution in [0.4, 0.5) is 0 Å². The summed E-state index contributed by atoms with van der Waals surface area (Å²) in [7, 11) is 0. The van der Waals surface area contributed by atoms with Crippen molar-refractivity contribution in [2.24, 2.45) is 5.10 Å². The molecule has 0 radical (unpaired) electrons. The van der Waals surface area contributed by atoms with Gasteiger partial charge in [-0.1, -0.05) is 25.1 Å². The highest BCUT2D eigenvalue weighted by Gasteiger charge is 2.15. The Labute approximate surface area is 163 Å². The fraction of sp³-hybridized carbons (Fsp3) is 0.0952. The van der Waals surface area contributed by atoms with E-state index in [9.17, 15) is 4.79 Å². The molecule has 5 rings (SSSR count). The average molecular weight is 389 g/mol. The Bertz CT molecular complexity index is 1370. The summed E-state index contributed by atoms with van der Waals surface area (Å²) in [6.45, 7) is 2.02. The van der Waals surface area contributed by atoms with Gasteiger partial charge in [0.1, 0.15) is 28.3 Å². The molecule has 28 heavy (non-hydrogen) atoms. The fourth-order valence-electron chi connectivity index (χ4n) is 3.26. The van der Waals surface area contributed by atoms with E-state index in [2.05, 4.69) is 10.1 Å². The van der Waals surface area contributed by atoms with Crippen LogP contribution in [-0.2, 0) is 6.42 Å². The predicted octanol–water partition coefficient (Wildman–Crippen LogP) is 4.91. The molecule has 0 atom stereocenters. The molecule has 5 aromatic rings. The first kappa shape index (κ1) is 16.7. The van der Waals surface area contributed by atoms with Crippen molar-refractivity contribution in [1.29, 1.82) is 0 Å². The Balaban J connectivity index is 1.64. The molecule has 4 heterocycles. The normalized spacial score (nSPS) is 11.9. The Morgan fingerprint density at radius 3 is 2.96 bits per heavy atom. The van der Waals surface area contributed by atoms with Gasteiger partial charge in [-0.15, -0.1) is 11.3 Å². The van der Waals surface area contributed by atoms with E-state index in [4.69, 9.17) is 8.83 Å². The molecule has 0 unspecified atom stereocenters. The maximum absolute atomic E-state index is 13.0. The monoisotopic (exact) mass is 389 g/mol. The lowest BCUT2D eigenvalue weighted by Gasteiger charge is -1.99. The number of rotatable bonds is 4. The van der Waals surface area contributed by atoms with Gasteiger partial charge in [0.25, 0.3) is 5.56 Å². The largest absolute Gasteiger partial charge is 0.464 e. The van der Waals surface area contributed by atoms with Crippen LogP contribution in [-0.4, -0.2) is 15.9 Å². The number of nitrogens with zero attached hydrogens (tertiary/aromatic N) is 3. The third kappa shape index (κ3) is 2.59. The highest BCUT2D eigenvalue weighted by molar-refractivity contribution is 7.17. The molecule has 0 spiro atoms. The maximum Gasteiger partial charge on any atom is 0.283 e. The van der Waals surface area contributed by atoms with E-state index in [0.29, 0.717) is 16.0 Å². The third-order valence-corrected chi connectivity index (χ3v) is 5.49. The average Bonchev–Trinajstić information content (AvgIpc) is 3.45. The second-order valence-electron chi connectivity index (χ2n) is 6.23. The van der Waals surface area contributed by atoms with Gasteiger partial charge < -0.3 is 8.83 Å². The molecule has 0 amide bonds. The summed E-state index contributed by atoms with van der Waals surface area (Å²) >= 11 is 1.41. The van der Waals surface area contributed by atoms with Crippen molar-refractivity contribution in [3.63, 3.8) is 0 Å². The van der Waals surface area contributed by atoms with Gasteiger partial charge in [-0.05, 0) is 18.2 Å². The van der Waals surface area contributed by atoms with Crippen molar-refractivity contribution >= 4 is 38.7 Å². The van der Waals surface area contributed by atoms with Crippen molar-refractivity contribution in [1.82, 2.24) is 9.66 Å². The minimum atomic E-state index is -0.236. The van der Waals surface area contributed by atoms with Crippen LogP contribution < -0.4 is 5.56 Å². The smallest absolute Gasteiger partial charge is 0.283 e. The molecule has 0 fully saturated rings. The van der Waals surface area contributed by atoms with Crippen molar-refractivity contribution in [2.45, 2.75) is 13.3 Å². The molecule has 0 bridgehead atoms. The van der Waals surface area contributed by atoms with Crippen LogP contribution in [0.15, 0.2) is 73.1 Å². The summed E-state index contributed by atoms with van der Waals surface area (Å²) in [5, 5.41) is 7.75. The number of hydrogen-bond acceptors (Lipinski definition) is 6. The van der Waals surface area contributed by atoms with E-state index < -0.39 is 0 Å². The minimum Gasteiger partial charge on any atom is -0.464 e. The fourth-order valence-corrected chi connectivity index (χ4v) is 4.15. The quantitative estimate of drug-likeness (QED) is 0.409. The molecule has 138 valence electrons. The lowest BCUT2D eigenvalue weighted by atomic mass is 10.1. The molecule has 4 aromatic heterocycles. The first-order valence-electron chi connectivity index (χ1n) is 8.83. The van der Waals surface area contributed by atoms with Crippen molar-refractivity contribution in [2.75, 3.05) is 0 Å². The van der Waals surface area contributed by atoms with Gasteiger partial charge in [0, 0.05) is 28.3 Å². The molecule has 0 aliphatic heterocycles. The van der Waals surface area contributed by atoms with Crippen LogP contribution in [0.1, 0.15) is 18.2 Å². The van der Waals surface area contributed by atoms with Gasteiger partial charge in [-0.2, -0.15) is 9.78 Å². The lowest BCUT2D eigenvalue weighted by Crippen LogP contribution is -2.16. The van der Waals surface area contributed by atoms with Crippen molar-refractivity contribution < 1.29 is 8.83 Å². The van der Waals surface area contributed by atoms with Gasteiger partial charge >= 0.3 is 0 Å². The molecule has 0 aliphatic rings. The van der Waals surface area contributed by atoms with E-state index in [1.165, 1.54) is 22.3 Å². The number of fused-ring (bicyclic) bond motifs is 2. The van der Waals surface area contributed by atoms with Crippen LogP contribution in [0.25, 0.3) is 32.5 Å². The van der Waals surface area contributed by atoms with Crippen LogP contribution in [0.2, 0.25) is 0 Å². The van der Waals surface area contributed by atoms with Crippen LogP contribution in [0, 0.1) is 0 Å².